The van der Waals surface area contributed by atoms with Crippen molar-refractivity contribution in [2.75, 3.05) is 6.54 Å². The molecule has 116 valence electrons. The summed E-state index contributed by atoms with van der Waals surface area (Å²) >= 11 is 0. The van der Waals surface area contributed by atoms with Crippen molar-refractivity contribution in [3.8, 4) is 0 Å². The fourth-order valence-corrected chi connectivity index (χ4v) is 3.24. The Kier molecular flexibility index (Phi) is 3.30. The lowest BCUT2D eigenvalue weighted by Crippen LogP contribution is -2.42. The van der Waals surface area contributed by atoms with Crippen molar-refractivity contribution >= 4 is 5.91 Å². The molecule has 0 spiro atoms. The fraction of sp³-hybridized carbons (Fsp3) is 0.211. The van der Waals surface area contributed by atoms with Crippen LogP contribution < -0.4 is 0 Å². The maximum atomic E-state index is 12.9. The van der Waals surface area contributed by atoms with E-state index < -0.39 is 0 Å². The van der Waals surface area contributed by atoms with Crippen molar-refractivity contribution in [2.24, 2.45) is 0 Å². The molecule has 4 heteroatoms. The Bertz CT molecular complexity index is 815. The average Bonchev–Trinajstić information content (AvgIpc) is 3.25. The minimum atomic E-state index is -0.0862. The topological polar surface area (TPSA) is 38.4 Å². The van der Waals surface area contributed by atoms with E-state index in [1.807, 2.05) is 11.0 Å². The summed E-state index contributed by atoms with van der Waals surface area (Å²) < 4.78 is 7.54. The maximum absolute atomic E-state index is 12.9. The zero-order valence-electron chi connectivity index (χ0n) is 13.0. The van der Waals surface area contributed by atoms with Crippen molar-refractivity contribution in [3.05, 3.63) is 83.6 Å². The van der Waals surface area contributed by atoms with Crippen LogP contribution in [0.1, 0.15) is 33.4 Å². The zero-order chi connectivity index (χ0) is 15.8. The normalized spacial score (nSPS) is 17.1. The van der Waals surface area contributed by atoms with E-state index in [-0.39, 0.29) is 11.9 Å². The Balaban J connectivity index is 1.79. The molecule has 0 saturated heterocycles. The van der Waals surface area contributed by atoms with Crippen LogP contribution in [0.5, 0.6) is 0 Å². The number of rotatable bonds is 2. The van der Waals surface area contributed by atoms with Crippen LogP contribution >= 0.6 is 0 Å². The average molecular weight is 306 g/mol. The highest BCUT2D eigenvalue weighted by Crippen LogP contribution is 2.33. The number of amides is 1. The molecular formula is C19H18N2O2. The minimum Gasteiger partial charge on any atom is -0.459 e. The van der Waals surface area contributed by atoms with Crippen LogP contribution in [-0.2, 0) is 6.54 Å². The second-order valence-corrected chi connectivity index (χ2v) is 5.92. The molecule has 4 nitrogen and oxygen atoms in total. The Morgan fingerprint density at radius 2 is 1.91 bits per heavy atom. The first-order valence-electron chi connectivity index (χ1n) is 7.80. The lowest BCUT2D eigenvalue weighted by Gasteiger charge is -2.37. The van der Waals surface area contributed by atoms with Gasteiger partial charge in [0.1, 0.15) is 0 Å². The quantitative estimate of drug-likeness (QED) is 0.725. The molecule has 1 atom stereocenters. The van der Waals surface area contributed by atoms with Gasteiger partial charge in [0.25, 0.3) is 5.91 Å². The molecule has 0 saturated carbocycles. The number of carbonyl (C=O) groups excluding carboxylic acids is 1. The van der Waals surface area contributed by atoms with E-state index in [4.69, 9.17) is 4.42 Å². The van der Waals surface area contributed by atoms with Gasteiger partial charge in [0.2, 0.25) is 0 Å². The number of fused-ring (bicyclic) bond motifs is 1. The van der Waals surface area contributed by atoms with Crippen LogP contribution in [-0.4, -0.2) is 21.9 Å². The van der Waals surface area contributed by atoms with Gasteiger partial charge < -0.3 is 13.9 Å². The van der Waals surface area contributed by atoms with Gasteiger partial charge in [0.15, 0.2) is 5.76 Å². The molecule has 1 aromatic carbocycles. The van der Waals surface area contributed by atoms with Crippen molar-refractivity contribution in [1.82, 2.24) is 9.47 Å². The summed E-state index contributed by atoms with van der Waals surface area (Å²) in [7, 11) is 0. The molecule has 1 aliphatic heterocycles. The molecule has 0 aliphatic carbocycles. The smallest absolute Gasteiger partial charge is 0.290 e. The van der Waals surface area contributed by atoms with Gasteiger partial charge in [-0.25, -0.2) is 0 Å². The molecule has 0 radical (unpaired) electrons. The van der Waals surface area contributed by atoms with Crippen LogP contribution in [0.3, 0.4) is 0 Å². The Morgan fingerprint density at radius 1 is 1.09 bits per heavy atom. The standard InChI is InChI=1S/C19H18N2O2/c1-14-6-8-15(9-7-14)18-16-4-2-10-20(16)11-12-21(18)19(22)17-5-3-13-23-17/h2-10,13,18H,11-12H2,1H3. The number of carbonyl (C=O) groups is 1. The predicted octanol–water partition coefficient (Wildman–Crippen LogP) is 3.63. The van der Waals surface area contributed by atoms with Crippen molar-refractivity contribution in [2.45, 2.75) is 19.5 Å². The first-order chi connectivity index (χ1) is 11.2. The third-order valence-corrected chi connectivity index (χ3v) is 4.42. The molecule has 23 heavy (non-hydrogen) atoms. The molecule has 1 unspecified atom stereocenters. The van der Waals surface area contributed by atoms with Gasteiger partial charge in [-0.1, -0.05) is 29.8 Å². The Labute approximate surface area is 134 Å². The lowest BCUT2D eigenvalue weighted by molar-refractivity contribution is 0.0631. The van der Waals surface area contributed by atoms with Gasteiger partial charge in [-0.3, -0.25) is 4.79 Å². The highest BCUT2D eigenvalue weighted by Gasteiger charge is 2.33. The number of aromatic nitrogens is 1. The Morgan fingerprint density at radius 3 is 2.65 bits per heavy atom. The summed E-state index contributed by atoms with van der Waals surface area (Å²) in [5.74, 6) is 0.329. The minimum absolute atomic E-state index is 0.0620. The first-order valence-corrected chi connectivity index (χ1v) is 7.80. The number of furan rings is 1. The molecule has 1 aliphatic rings. The van der Waals surface area contributed by atoms with E-state index in [2.05, 4.69) is 48.0 Å². The van der Waals surface area contributed by atoms with Crippen LogP contribution in [0, 0.1) is 6.92 Å². The summed E-state index contributed by atoms with van der Waals surface area (Å²) in [5.41, 5.74) is 3.47. The van der Waals surface area contributed by atoms with Crippen LogP contribution in [0.4, 0.5) is 0 Å². The van der Waals surface area contributed by atoms with E-state index >= 15 is 0 Å². The monoisotopic (exact) mass is 306 g/mol. The summed E-state index contributed by atoms with van der Waals surface area (Å²) in [5, 5.41) is 0. The SMILES string of the molecule is Cc1ccc(C2c3cccn3CCN2C(=O)c2ccco2)cc1. The van der Waals surface area contributed by atoms with Crippen molar-refractivity contribution < 1.29 is 9.21 Å². The van der Waals surface area contributed by atoms with Crippen LogP contribution in [0.2, 0.25) is 0 Å². The van der Waals surface area contributed by atoms with E-state index in [0.29, 0.717) is 12.3 Å². The fourth-order valence-electron chi connectivity index (χ4n) is 3.24. The summed E-state index contributed by atoms with van der Waals surface area (Å²) in [6.07, 6.45) is 3.62. The second kappa shape index (κ2) is 5.47. The second-order valence-electron chi connectivity index (χ2n) is 5.92. The van der Waals surface area contributed by atoms with E-state index in [0.717, 1.165) is 17.8 Å². The third-order valence-electron chi connectivity index (χ3n) is 4.42. The molecule has 3 heterocycles. The van der Waals surface area contributed by atoms with Gasteiger partial charge in [0.05, 0.1) is 12.3 Å². The van der Waals surface area contributed by atoms with Crippen molar-refractivity contribution in [1.29, 1.82) is 0 Å². The van der Waals surface area contributed by atoms with Gasteiger partial charge in [-0.15, -0.1) is 0 Å². The molecule has 0 fully saturated rings. The molecular weight excluding hydrogens is 288 g/mol. The number of nitrogens with zero attached hydrogens (tertiary/aromatic N) is 2. The lowest BCUT2D eigenvalue weighted by atomic mass is 9.98. The molecule has 0 N–H and O–H groups in total. The molecule has 3 aromatic rings. The van der Waals surface area contributed by atoms with Crippen molar-refractivity contribution in [3.63, 3.8) is 0 Å². The largest absolute Gasteiger partial charge is 0.459 e. The molecule has 0 bridgehead atoms. The van der Waals surface area contributed by atoms with Crippen LogP contribution in [0.25, 0.3) is 0 Å². The third kappa shape index (κ3) is 2.36. The summed E-state index contributed by atoms with van der Waals surface area (Å²) in [4.78, 5) is 14.8. The molecule has 4 rings (SSSR count). The summed E-state index contributed by atoms with van der Waals surface area (Å²) in [6.45, 7) is 3.54. The van der Waals surface area contributed by atoms with E-state index in [9.17, 15) is 4.79 Å². The van der Waals surface area contributed by atoms with E-state index in [1.165, 1.54) is 5.56 Å². The van der Waals surface area contributed by atoms with Gasteiger partial charge in [-0.05, 0) is 36.8 Å². The summed E-state index contributed by atoms with van der Waals surface area (Å²) in [6, 6.07) is 15.9. The van der Waals surface area contributed by atoms with Gasteiger partial charge in [-0.2, -0.15) is 0 Å². The predicted molar refractivity (Wildman–Crippen MR) is 87.2 cm³/mol. The highest BCUT2D eigenvalue weighted by atomic mass is 16.3. The maximum Gasteiger partial charge on any atom is 0.290 e. The molecule has 2 aromatic heterocycles. The van der Waals surface area contributed by atoms with E-state index in [1.54, 1.807) is 18.4 Å². The number of aryl methyl sites for hydroxylation is 1. The number of benzene rings is 1. The Hall–Kier alpha value is -2.75. The highest BCUT2D eigenvalue weighted by molar-refractivity contribution is 5.92. The van der Waals surface area contributed by atoms with Gasteiger partial charge >= 0.3 is 0 Å². The van der Waals surface area contributed by atoms with Crippen LogP contribution in [0.15, 0.2) is 65.4 Å². The molecule has 1 amide bonds. The first kappa shape index (κ1) is 13.9. The van der Waals surface area contributed by atoms with Gasteiger partial charge in [0, 0.05) is 25.0 Å². The zero-order valence-corrected chi connectivity index (χ0v) is 13.0. The number of hydrogen-bond donors (Lipinski definition) is 0. The number of hydrogen-bond acceptors (Lipinski definition) is 2.